The van der Waals surface area contributed by atoms with Crippen molar-refractivity contribution in [3.63, 3.8) is 0 Å². The summed E-state index contributed by atoms with van der Waals surface area (Å²) in [6.45, 7) is 0. The first-order valence-corrected chi connectivity index (χ1v) is 7.33. The summed E-state index contributed by atoms with van der Waals surface area (Å²) in [5.41, 5.74) is 8.68. The van der Waals surface area contributed by atoms with E-state index in [1.807, 2.05) is 18.2 Å². The van der Waals surface area contributed by atoms with Crippen LogP contribution >= 0.6 is 23.4 Å². The summed E-state index contributed by atoms with van der Waals surface area (Å²) in [6.07, 6.45) is 2.84. The van der Waals surface area contributed by atoms with Crippen LogP contribution < -0.4 is 11.1 Å². The van der Waals surface area contributed by atoms with Gasteiger partial charge in [-0.1, -0.05) is 23.4 Å². The van der Waals surface area contributed by atoms with E-state index in [-0.39, 0.29) is 5.91 Å². The molecule has 102 valence electrons. The zero-order valence-electron chi connectivity index (χ0n) is 10.5. The van der Waals surface area contributed by atoms with Gasteiger partial charge in [-0.25, -0.2) is 4.98 Å². The number of hydrogen-bond donors (Lipinski definition) is 2. The Labute approximate surface area is 125 Å². The Kier molecular flexibility index (Phi) is 3.54. The number of nitrogens with one attached hydrogen (secondary N) is 1. The number of anilines is 2. The maximum Gasteiger partial charge on any atom is 0.224 e. The summed E-state index contributed by atoms with van der Waals surface area (Å²) in [5, 5.41) is 4.28. The van der Waals surface area contributed by atoms with Crippen LogP contribution in [0.1, 0.15) is 12.0 Å². The van der Waals surface area contributed by atoms with Crippen LogP contribution in [0.25, 0.3) is 0 Å². The fraction of sp³-hybridized carbons (Fsp3) is 0.143. The van der Waals surface area contributed by atoms with Gasteiger partial charge in [0.25, 0.3) is 0 Å². The summed E-state index contributed by atoms with van der Waals surface area (Å²) in [6, 6.07) is 7.45. The number of benzene rings is 1. The van der Waals surface area contributed by atoms with Crippen LogP contribution in [0.5, 0.6) is 0 Å². The highest BCUT2D eigenvalue weighted by Crippen LogP contribution is 2.36. The summed E-state index contributed by atoms with van der Waals surface area (Å²) in [7, 11) is 0. The number of nitrogens with two attached hydrogens (primary N) is 1. The molecule has 0 radical (unpaired) electrons. The van der Waals surface area contributed by atoms with Crippen LogP contribution in [0.3, 0.4) is 0 Å². The molecule has 20 heavy (non-hydrogen) atoms. The van der Waals surface area contributed by atoms with Crippen molar-refractivity contribution in [2.24, 2.45) is 0 Å². The minimum atomic E-state index is 0.0443. The number of fused-ring (bicyclic) bond motifs is 1. The summed E-state index contributed by atoms with van der Waals surface area (Å²) < 4.78 is 0. The van der Waals surface area contributed by atoms with E-state index in [0.29, 0.717) is 17.1 Å². The van der Waals surface area contributed by atoms with E-state index >= 15 is 0 Å². The van der Waals surface area contributed by atoms with Crippen molar-refractivity contribution >= 4 is 40.6 Å². The van der Waals surface area contributed by atoms with E-state index in [9.17, 15) is 4.79 Å². The Morgan fingerprint density at radius 1 is 1.30 bits per heavy atom. The van der Waals surface area contributed by atoms with Crippen molar-refractivity contribution in [3.05, 3.63) is 41.0 Å². The van der Waals surface area contributed by atoms with Gasteiger partial charge in [0.1, 0.15) is 5.03 Å². The Bertz CT molecular complexity index is 673. The van der Waals surface area contributed by atoms with Crippen LogP contribution in [-0.2, 0) is 11.2 Å². The Balaban J connectivity index is 1.91. The van der Waals surface area contributed by atoms with Crippen molar-refractivity contribution in [2.45, 2.75) is 22.8 Å². The number of nitrogen functional groups attached to an aromatic ring is 1. The fourth-order valence-corrected chi connectivity index (χ4v) is 2.98. The molecule has 0 aliphatic carbocycles. The van der Waals surface area contributed by atoms with Gasteiger partial charge in [0, 0.05) is 28.9 Å². The van der Waals surface area contributed by atoms with Gasteiger partial charge in [0.05, 0.1) is 5.02 Å². The standard InChI is InChI=1S/C14H12ClN3OS/c15-9-2-4-14(17-7-9)20-12-6-11-8(5-10(12)16)1-3-13(19)18-11/h2,4-7H,1,3,16H2,(H,18,19). The molecule has 2 aromatic rings. The molecule has 6 heteroatoms. The van der Waals surface area contributed by atoms with Crippen molar-refractivity contribution in [1.29, 1.82) is 0 Å². The summed E-state index contributed by atoms with van der Waals surface area (Å²) >= 11 is 7.26. The first-order chi connectivity index (χ1) is 9.61. The third-order valence-electron chi connectivity index (χ3n) is 3.05. The predicted molar refractivity (Wildman–Crippen MR) is 81.2 cm³/mol. The molecule has 1 aliphatic rings. The van der Waals surface area contributed by atoms with E-state index in [0.717, 1.165) is 27.6 Å². The second-order valence-corrected chi connectivity index (χ2v) is 6.01. The first-order valence-electron chi connectivity index (χ1n) is 6.13. The highest BCUT2D eigenvalue weighted by molar-refractivity contribution is 7.99. The molecule has 0 atom stereocenters. The van der Waals surface area contributed by atoms with Crippen molar-refractivity contribution in [2.75, 3.05) is 11.1 Å². The highest BCUT2D eigenvalue weighted by atomic mass is 35.5. The minimum absolute atomic E-state index is 0.0443. The molecule has 1 amide bonds. The molecular weight excluding hydrogens is 294 g/mol. The van der Waals surface area contributed by atoms with Crippen LogP contribution in [-0.4, -0.2) is 10.9 Å². The molecule has 2 heterocycles. The van der Waals surface area contributed by atoms with Crippen molar-refractivity contribution in [3.8, 4) is 0 Å². The molecule has 4 nitrogen and oxygen atoms in total. The summed E-state index contributed by atoms with van der Waals surface area (Å²) in [5.74, 6) is 0.0443. The number of hydrogen-bond acceptors (Lipinski definition) is 4. The monoisotopic (exact) mass is 305 g/mol. The van der Waals surface area contributed by atoms with E-state index in [1.165, 1.54) is 11.8 Å². The number of nitrogens with zero attached hydrogens (tertiary/aromatic N) is 1. The molecule has 0 spiro atoms. The third-order valence-corrected chi connectivity index (χ3v) is 4.29. The lowest BCUT2D eigenvalue weighted by Crippen LogP contribution is -2.19. The smallest absolute Gasteiger partial charge is 0.224 e. The summed E-state index contributed by atoms with van der Waals surface area (Å²) in [4.78, 5) is 16.5. The number of carbonyl (C=O) groups excluding carboxylic acids is 1. The molecular formula is C14H12ClN3OS. The number of rotatable bonds is 2. The molecule has 0 fully saturated rings. The maximum absolute atomic E-state index is 11.4. The molecule has 1 aromatic heterocycles. The van der Waals surface area contributed by atoms with Gasteiger partial charge in [0.15, 0.2) is 0 Å². The number of aryl methyl sites for hydroxylation is 1. The molecule has 0 unspecified atom stereocenters. The molecule has 1 aliphatic heterocycles. The van der Waals surface area contributed by atoms with E-state index in [2.05, 4.69) is 10.3 Å². The molecule has 0 saturated carbocycles. The van der Waals surface area contributed by atoms with E-state index in [1.54, 1.807) is 12.3 Å². The van der Waals surface area contributed by atoms with Gasteiger partial charge in [-0.15, -0.1) is 0 Å². The average molecular weight is 306 g/mol. The number of pyridine rings is 1. The predicted octanol–water partition coefficient (Wildman–Crippen LogP) is 3.35. The maximum atomic E-state index is 11.4. The molecule has 3 rings (SSSR count). The number of halogens is 1. The molecule has 0 saturated heterocycles. The van der Waals surface area contributed by atoms with Gasteiger partial charge < -0.3 is 11.1 Å². The van der Waals surface area contributed by atoms with Crippen molar-refractivity contribution in [1.82, 2.24) is 4.98 Å². The van der Waals surface area contributed by atoms with Crippen LogP contribution in [0.15, 0.2) is 40.4 Å². The SMILES string of the molecule is Nc1cc2c(cc1Sc1ccc(Cl)cn1)NC(=O)CC2. The zero-order chi connectivity index (χ0) is 14.1. The Morgan fingerprint density at radius 3 is 2.90 bits per heavy atom. The second-order valence-electron chi connectivity index (χ2n) is 4.51. The van der Waals surface area contributed by atoms with Gasteiger partial charge >= 0.3 is 0 Å². The number of amides is 1. The van der Waals surface area contributed by atoms with Crippen molar-refractivity contribution < 1.29 is 4.79 Å². The van der Waals surface area contributed by atoms with Crippen LogP contribution in [0.4, 0.5) is 11.4 Å². The Hall–Kier alpha value is -1.72. The zero-order valence-corrected chi connectivity index (χ0v) is 12.1. The Morgan fingerprint density at radius 2 is 2.15 bits per heavy atom. The first kappa shape index (κ1) is 13.3. The molecule has 3 N–H and O–H groups in total. The average Bonchev–Trinajstić information content (AvgIpc) is 2.42. The topological polar surface area (TPSA) is 68.0 Å². The highest BCUT2D eigenvalue weighted by Gasteiger charge is 2.17. The van der Waals surface area contributed by atoms with Crippen LogP contribution in [0, 0.1) is 0 Å². The van der Waals surface area contributed by atoms with Gasteiger partial charge in [0.2, 0.25) is 5.91 Å². The normalized spacial score (nSPS) is 13.8. The van der Waals surface area contributed by atoms with E-state index in [4.69, 9.17) is 17.3 Å². The lowest BCUT2D eigenvalue weighted by atomic mass is 10.0. The largest absolute Gasteiger partial charge is 0.398 e. The van der Waals surface area contributed by atoms with Crippen LogP contribution in [0.2, 0.25) is 5.02 Å². The number of carbonyl (C=O) groups is 1. The fourth-order valence-electron chi connectivity index (χ4n) is 2.05. The second kappa shape index (κ2) is 5.34. The quantitative estimate of drug-likeness (QED) is 0.835. The molecule has 1 aromatic carbocycles. The third kappa shape index (κ3) is 2.73. The molecule has 0 bridgehead atoms. The van der Waals surface area contributed by atoms with Gasteiger partial charge in [-0.3, -0.25) is 4.79 Å². The number of aromatic nitrogens is 1. The van der Waals surface area contributed by atoms with Gasteiger partial charge in [-0.2, -0.15) is 0 Å². The lowest BCUT2D eigenvalue weighted by Gasteiger charge is -2.18. The van der Waals surface area contributed by atoms with E-state index < -0.39 is 0 Å². The minimum Gasteiger partial charge on any atom is -0.398 e. The van der Waals surface area contributed by atoms with Gasteiger partial charge in [-0.05, 0) is 36.2 Å². The lowest BCUT2D eigenvalue weighted by molar-refractivity contribution is -0.116.